The maximum atomic E-state index is 15.2. The Kier molecular flexibility index (Phi) is 6.13. The summed E-state index contributed by atoms with van der Waals surface area (Å²) in [5, 5.41) is 10.4. The van der Waals surface area contributed by atoms with E-state index in [-0.39, 0.29) is 6.61 Å². The van der Waals surface area contributed by atoms with Crippen molar-refractivity contribution in [3.63, 3.8) is 0 Å². The molecule has 2 unspecified atom stereocenters. The Hall–Kier alpha value is -1.94. The van der Waals surface area contributed by atoms with Crippen LogP contribution in [0.1, 0.15) is 31.4 Å². The summed E-state index contributed by atoms with van der Waals surface area (Å²) in [6.07, 6.45) is -2.56. The molecule has 0 aliphatic carbocycles. The normalized spacial score (nSPS) is 38.6. The van der Waals surface area contributed by atoms with E-state index in [0.717, 1.165) is 29.7 Å². The minimum absolute atomic E-state index is 0.134. The zero-order chi connectivity index (χ0) is 22.2. The predicted molar refractivity (Wildman–Crippen MR) is 104 cm³/mol. The molecule has 0 bridgehead atoms. The van der Waals surface area contributed by atoms with E-state index in [0.29, 0.717) is 6.42 Å². The SMILES string of the molecule is C[C@@]1(F)[C@H](O)[C@@H](COP2(=O)OCCC(c3ccccc3)O2)O[C@H]1N1C=CC(=O)CC1=O. The molecule has 6 atom stereocenters. The van der Waals surface area contributed by atoms with Crippen LogP contribution in [-0.2, 0) is 32.5 Å². The van der Waals surface area contributed by atoms with Gasteiger partial charge in [-0.2, -0.15) is 0 Å². The summed E-state index contributed by atoms with van der Waals surface area (Å²) in [5.74, 6) is -1.05. The van der Waals surface area contributed by atoms with E-state index in [1.165, 1.54) is 0 Å². The fraction of sp³-hybridized carbons (Fsp3) is 0.500. The number of allylic oxidation sites excluding steroid dienone is 1. The highest BCUT2D eigenvalue weighted by Crippen LogP contribution is 2.57. The van der Waals surface area contributed by atoms with Crippen LogP contribution in [0.3, 0.4) is 0 Å². The van der Waals surface area contributed by atoms with Gasteiger partial charge in [-0.25, -0.2) is 8.96 Å². The van der Waals surface area contributed by atoms with E-state index in [1.54, 1.807) is 0 Å². The fourth-order valence-corrected chi connectivity index (χ4v) is 5.14. The number of hydrogen-bond acceptors (Lipinski definition) is 8. The van der Waals surface area contributed by atoms with E-state index < -0.39 is 62.7 Å². The molecule has 9 nitrogen and oxygen atoms in total. The number of ketones is 1. The second-order valence-corrected chi connectivity index (χ2v) is 9.37. The van der Waals surface area contributed by atoms with Crippen LogP contribution in [0.2, 0.25) is 0 Å². The number of aliphatic hydroxyl groups is 1. The lowest BCUT2D eigenvalue weighted by atomic mass is 9.97. The molecular weight excluding hydrogens is 432 g/mol. The predicted octanol–water partition coefficient (Wildman–Crippen LogP) is 2.42. The molecule has 0 radical (unpaired) electrons. The van der Waals surface area contributed by atoms with E-state index in [4.69, 9.17) is 18.3 Å². The Morgan fingerprint density at radius 2 is 2.06 bits per heavy atom. The van der Waals surface area contributed by atoms with Crippen molar-refractivity contribution in [2.45, 2.75) is 50.0 Å². The number of carbonyl (C=O) groups is 2. The van der Waals surface area contributed by atoms with Gasteiger partial charge >= 0.3 is 7.82 Å². The molecule has 11 heteroatoms. The van der Waals surface area contributed by atoms with Gasteiger partial charge in [0.1, 0.15) is 12.2 Å². The van der Waals surface area contributed by atoms with Crippen LogP contribution in [0.5, 0.6) is 0 Å². The summed E-state index contributed by atoms with van der Waals surface area (Å²) in [5.41, 5.74) is -1.54. The third-order valence-corrected chi connectivity index (χ3v) is 6.93. The molecule has 168 valence electrons. The lowest BCUT2D eigenvalue weighted by Gasteiger charge is -2.32. The van der Waals surface area contributed by atoms with E-state index in [9.17, 15) is 19.3 Å². The van der Waals surface area contributed by atoms with Crippen molar-refractivity contribution >= 4 is 19.5 Å². The Labute approximate surface area is 178 Å². The average molecular weight is 455 g/mol. The molecule has 2 saturated heterocycles. The number of aliphatic hydroxyl groups excluding tert-OH is 1. The highest BCUT2D eigenvalue weighted by atomic mass is 31.2. The number of phosphoric acid groups is 1. The third-order valence-electron chi connectivity index (χ3n) is 5.46. The van der Waals surface area contributed by atoms with Crippen LogP contribution >= 0.6 is 7.82 Å². The molecule has 3 aliphatic rings. The van der Waals surface area contributed by atoms with E-state index >= 15 is 4.39 Å². The van der Waals surface area contributed by atoms with Crippen molar-refractivity contribution in [3.8, 4) is 0 Å². The highest BCUT2D eigenvalue weighted by Gasteiger charge is 2.57. The Morgan fingerprint density at radius 1 is 1.32 bits per heavy atom. The van der Waals surface area contributed by atoms with Crippen LogP contribution < -0.4 is 0 Å². The first-order valence-corrected chi connectivity index (χ1v) is 11.3. The van der Waals surface area contributed by atoms with Crippen LogP contribution in [0.25, 0.3) is 0 Å². The second kappa shape index (κ2) is 8.54. The number of benzene rings is 1. The van der Waals surface area contributed by atoms with Gasteiger partial charge < -0.3 is 9.84 Å². The van der Waals surface area contributed by atoms with Gasteiger partial charge in [0.15, 0.2) is 17.7 Å². The van der Waals surface area contributed by atoms with Crippen molar-refractivity contribution in [2.75, 3.05) is 13.2 Å². The maximum absolute atomic E-state index is 15.2. The standard InChI is InChI=1S/C20H23FNO8P/c1-20(21)18(25)16(29-19(20)22-9-7-14(23)11-17(22)24)12-28-31(26)27-10-8-15(30-31)13-5-3-2-4-6-13/h2-7,9,15-16,18-19,25H,8,10-12H2,1H3/t15?,16-,18-,19-,20-,31?/m1/s1. The molecule has 0 saturated carbocycles. The van der Waals surface area contributed by atoms with Gasteiger partial charge in [-0.15, -0.1) is 0 Å². The zero-order valence-electron chi connectivity index (χ0n) is 16.8. The van der Waals surface area contributed by atoms with Gasteiger partial charge in [0.05, 0.1) is 25.7 Å². The first-order valence-electron chi connectivity index (χ1n) is 9.87. The van der Waals surface area contributed by atoms with Gasteiger partial charge in [0.2, 0.25) is 5.91 Å². The van der Waals surface area contributed by atoms with Gasteiger partial charge in [0.25, 0.3) is 0 Å². The maximum Gasteiger partial charge on any atom is 0.475 e. The van der Waals surface area contributed by atoms with Crippen molar-refractivity contribution in [1.82, 2.24) is 4.90 Å². The molecule has 4 rings (SSSR count). The van der Waals surface area contributed by atoms with Gasteiger partial charge in [0, 0.05) is 12.6 Å². The number of nitrogens with zero attached hydrogens (tertiary/aromatic N) is 1. The lowest BCUT2D eigenvalue weighted by Crippen LogP contribution is -2.51. The summed E-state index contributed by atoms with van der Waals surface area (Å²) in [6.45, 7) is 0.733. The number of amides is 1. The zero-order valence-corrected chi connectivity index (χ0v) is 17.7. The number of carbonyl (C=O) groups excluding carboxylic acids is 2. The summed E-state index contributed by atoms with van der Waals surface area (Å²) >= 11 is 0. The minimum atomic E-state index is -3.98. The monoisotopic (exact) mass is 455 g/mol. The summed E-state index contributed by atoms with van der Waals surface area (Å²) in [7, 11) is -3.98. The minimum Gasteiger partial charge on any atom is -0.387 e. The fourth-order valence-electron chi connectivity index (χ4n) is 3.74. The van der Waals surface area contributed by atoms with Crippen molar-refractivity contribution in [3.05, 3.63) is 48.2 Å². The molecule has 1 aromatic rings. The molecule has 2 fully saturated rings. The molecule has 0 spiro atoms. The second-order valence-electron chi connectivity index (χ2n) is 7.75. The van der Waals surface area contributed by atoms with Gasteiger partial charge in [-0.1, -0.05) is 30.3 Å². The summed E-state index contributed by atoms with van der Waals surface area (Å²) < 4.78 is 49.8. The smallest absolute Gasteiger partial charge is 0.387 e. The molecule has 1 aromatic carbocycles. The quantitative estimate of drug-likeness (QED) is 0.532. The molecule has 3 heterocycles. The van der Waals surface area contributed by atoms with Crippen molar-refractivity contribution in [1.29, 1.82) is 0 Å². The molecule has 1 N–H and O–H groups in total. The topological polar surface area (TPSA) is 112 Å². The Balaban J connectivity index is 1.42. The molecule has 31 heavy (non-hydrogen) atoms. The number of hydrogen-bond donors (Lipinski definition) is 1. The summed E-state index contributed by atoms with van der Waals surface area (Å²) in [6, 6.07) is 9.16. The van der Waals surface area contributed by atoms with Crippen LogP contribution in [0, 0.1) is 0 Å². The summed E-state index contributed by atoms with van der Waals surface area (Å²) in [4.78, 5) is 24.4. The van der Waals surface area contributed by atoms with E-state index in [1.807, 2.05) is 30.3 Å². The number of halogens is 1. The van der Waals surface area contributed by atoms with Gasteiger partial charge in [-0.3, -0.25) is 28.1 Å². The number of phosphoric ester groups is 1. The number of ether oxygens (including phenoxy) is 1. The van der Waals surface area contributed by atoms with Crippen LogP contribution in [-0.4, -0.2) is 59.0 Å². The molecule has 1 amide bonds. The van der Waals surface area contributed by atoms with Crippen LogP contribution in [0.4, 0.5) is 4.39 Å². The molecule has 0 aromatic heterocycles. The lowest BCUT2D eigenvalue weighted by molar-refractivity contribution is -0.151. The first kappa shape index (κ1) is 22.3. The van der Waals surface area contributed by atoms with Crippen molar-refractivity contribution in [2.24, 2.45) is 0 Å². The number of rotatable bonds is 5. The number of alkyl halides is 1. The highest BCUT2D eigenvalue weighted by molar-refractivity contribution is 7.48. The molecular formula is C20H23FNO8P. The van der Waals surface area contributed by atoms with Gasteiger partial charge in [-0.05, 0) is 18.6 Å². The van der Waals surface area contributed by atoms with E-state index in [2.05, 4.69) is 0 Å². The Bertz CT molecular complexity index is 923. The first-order chi connectivity index (χ1) is 14.7. The van der Waals surface area contributed by atoms with Crippen molar-refractivity contribution < 1.29 is 42.0 Å². The average Bonchev–Trinajstić information content (AvgIpc) is 2.96. The van der Waals surface area contributed by atoms with Crippen LogP contribution in [0.15, 0.2) is 42.6 Å². The molecule has 3 aliphatic heterocycles. The Morgan fingerprint density at radius 3 is 2.77 bits per heavy atom. The largest absolute Gasteiger partial charge is 0.475 e. The third kappa shape index (κ3) is 4.50.